The molecule has 0 spiro atoms. The van der Waals surface area contributed by atoms with Gasteiger partial charge < -0.3 is 15.0 Å². The lowest BCUT2D eigenvalue weighted by Gasteiger charge is -2.32. The Bertz CT molecular complexity index is 922. The summed E-state index contributed by atoms with van der Waals surface area (Å²) in [6.07, 6.45) is 2.04. The number of benzene rings is 2. The molecule has 180 valence electrons. The zero-order chi connectivity index (χ0) is 24.4. The van der Waals surface area contributed by atoms with Crippen LogP contribution in [0.25, 0.3) is 0 Å². The van der Waals surface area contributed by atoms with Crippen molar-refractivity contribution < 1.29 is 14.3 Å². The molecule has 0 saturated carbocycles. The molecule has 2 aromatic carbocycles. The van der Waals surface area contributed by atoms with Crippen LogP contribution in [0.1, 0.15) is 52.0 Å². The SMILES string of the molecule is CC[C@H](C(=O)N[C@@H](C)CC)N(Cc1ccc(Cl)cc1Cl)C(=O)CCCOc1ccc(Cl)cc1. The summed E-state index contributed by atoms with van der Waals surface area (Å²) < 4.78 is 5.70. The Hall–Kier alpha value is -1.95. The smallest absolute Gasteiger partial charge is 0.243 e. The van der Waals surface area contributed by atoms with E-state index in [4.69, 9.17) is 39.5 Å². The van der Waals surface area contributed by atoms with Gasteiger partial charge in [0, 0.05) is 34.1 Å². The monoisotopic (exact) mass is 512 g/mol. The van der Waals surface area contributed by atoms with Crippen molar-refractivity contribution in [1.82, 2.24) is 10.2 Å². The lowest BCUT2D eigenvalue weighted by Crippen LogP contribution is -2.50. The summed E-state index contributed by atoms with van der Waals surface area (Å²) in [6, 6.07) is 11.6. The van der Waals surface area contributed by atoms with Crippen molar-refractivity contribution >= 4 is 46.6 Å². The van der Waals surface area contributed by atoms with E-state index in [2.05, 4.69) is 5.32 Å². The normalized spacial score (nSPS) is 12.7. The van der Waals surface area contributed by atoms with Gasteiger partial charge in [0.2, 0.25) is 11.8 Å². The van der Waals surface area contributed by atoms with Gasteiger partial charge in [-0.05, 0) is 68.1 Å². The van der Waals surface area contributed by atoms with Gasteiger partial charge >= 0.3 is 0 Å². The fourth-order valence-electron chi connectivity index (χ4n) is 3.28. The van der Waals surface area contributed by atoms with Gasteiger partial charge in [-0.3, -0.25) is 9.59 Å². The van der Waals surface area contributed by atoms with Crippen molar-refractivity contribution in [3.05, 3.63) is 63.1 Å². The lowest BCUT2D eigenvalue weighted by atomic mass is 10.1. The molecule has 5 nitrogen and oxygen atoms in total. The van der Waals surface area contributed by atoms with Gasteiger partial charge in [0.15, 0.2) is 0 Å². The van der Waals surface area contributed by atoms with E-state index in [9.17, 15) is 9.59 Å². The predicted molar refractivity (Wildman–Crippen MR) is 135 cm³/mol. The van der Waals surface area contributed by atoms with Crippen LogP contribution in [-0.4, -0.2) is 35.4 Å². The van der Waals surface area contributed by atoms with Gasteiger partial charge in [-0.25, -0.2) is 0 Å². The Morgan fingerprint density at radius 2 is 1.67 bits per heavy atom. The quantitative estimate of drug-likeness (QED) is 0.328. The molecule has 0 aromatic heterocycles. The average molecular weight is 514 g/mol. The van der Waals surface area contributed by atoms with Crippen molar-refractivity contribution in [3.8, 4) is 5.75 Å². The fraction of sp³-hybridized carbons (Fsp3) is 0.440. The van der Waals surface area contributed by atoms with Crippen molar-refractivity contribution in [3.63, 3.8) is 0 Å². The first kappa shape index (κ1) is 27.3. The van der Waals surface area contributed by atoms with E-state index in [0.717, 1.165) is 12.0 Å². The van der Waals surface area contributed by atoms with E-state index in [1.54, 1.807) is 47.4 Å². The van der Waals surface area contributed by atoms with Crippen molar-refractivity contribution in [1.29, 1.82) is 0 Å². The molecule has 2 amide bonds. The first-order chi connectivity index (χ1) is 15.7. The number of amides is 2. The number of nitrogens with zero attached hydrogens (tertiary/aromatic N) is 1. The van der Waals surface area contributed by atoms with E-state index in [1.165, 1.54) is 0 Å². The highest BCUT2D eigenvalue weighted by molar-refractivity contribution is 6.35. The first-order valence-corrected chi connectivity index (χ1v) is 12.3. The van der Waals surface area contributed by atoms with Crippen LogP contribution in [0, 0.1) is 0 Å². The van der Waals surface area contributed by atoms with Crippen LogP contribution in [0.5, 0.6) is 5.75 Å². The number of ether oxygens (including phenoxy) is 1. The molecule has 0 radical (unpaired) electrons. The molecule has 0 aliphatic heterocycles. The third-order valence-electron chi connectivity index (χ3n) is 5.36. The minimum absolute atomic E-state index is 0.0235. The van der Waals surface area contributed by atoms with Gasteiger partial charge in [0.05, 0.1) is 6.61 Å². The Morgan fingerprint density at radius 1 is 1.00 bits per heavy atom. The number of carbonyl (C=O) groups excluding carboxylic acids is 2. The molecule has 2 rings (SSSR count). The van der Waals surface area contributed by atoms with E-state index in [0.29, 0.717) is 40.3 Å². The number of halogens is 3. The highest BCUT2D eigenvalue weighted by Crippen LogP contribution is 2.24. The maximum atomic E-state index is 13.2. The number of hydrogen-bond donors (Lipinski definition) is 1. The molecule has 0 unspecified atom stereocenters. The van der Waals surface area contributed by atoms with Gasteiger partial charge in [0.25, 0.3) is 0 Å². The lowest BCUT2D eigenvalue weighted by molar-refractivity contribution is -0.141. The van der Waals surface area contributed by atoms with Gasteiger partial charge in [-0.1, -0.05) is 54.7 Å². The molecule has 0 saturated heterocycles. The Labute approximate surface area is 211 Å². The number of carbonyl (C=O) groups is 2. The molecule has 0 aliphatic rings. The van der Waals surface area contributed by atoms with Crippen LogP contribution < -0.4 is 10.1 Å². The molecule has 2 aromatic rings. The second-order valence-electron chi connectivity index (χ2n) is 7.91. The highest BCUT2D eigenvalue weighted by Gasteiger charge is 2.29. The zero-order valence-corrected chi connectivity index (χ0v) is 21.5. The van der Waals surface area contributed by atoms with Gasteiger partial charge in [-0.15, -0.1) is 0 Å². The number of rotatable bonds is 12. The van der Waals surface area contributed by atoms with Crippen LogP contribution in [0.4, 0.5) is 0 Å². The fourth-order valence-corrected chi connectivity index (χ4v) is 3.88. The van der Waals surface area contributed by atoms with E-state index < -0.39 is 6.04 Å². The van der Waals surface area contributed by atoms with Crippen LogP contribution in [-0.2, 0) is 16.1 Å². The van der Waals surface area contributed by atoms with Crippen LogP contribution in [0.3, 0.4) is 0 Å². The molecule has 0 heterocycles. The predicted octanol–water partition coefficient (Wildman–Crippen LogP) is 6.53. The van der Waals surface area contributed by atoms with E-state index in [-0.39, 0.29) is 30.8 Å². The van der Waals surface area contributed by atoms with Crippen LogP contribution >= 0.6 is 34.8 Å². The summed E-state index contributed by atoms with van der Waals surface area (Å²) >= 11 is 18.3. The maximum absolute atomic E-state index is 13.2. The molecule has 8 heteroatoms. The highest BCUT2D eigenvalue weighted by atomic mass is 35.5. The van der Waals surface area contributed by atoms with Crippen molar-refractivity contribution in [2.24, 2.45) is 0 Å². The molecule has 2 atom stereocenters. The summed E-state index contributed by atoms with van der Waals surface area (Å²) in [4.78, 5) is 27.8. The molecule has 33 heavy (non-hydrogen) atoms. The van der Waals surface area contributed by atoms with Crippen molar-refractivity contribution in [2.45, 2.75) is 65.1 Å². The van der Waals surface area contributed by atoms with Crippen LogP contribution in [0.2, 0.25) is 15.1 Å². The van der Waals surface area contributed by atoms with E-state index >= 15 is 0 Å². The summed E-state index contributed by atoms with van der Waals surface area (Å²) in [6.45, 7) is 6.44. The first-order valence-electron chi connectivity index (χ1n) is 11.2. The summed E-state index contributed by atoms with van der Waals surface area (Å²) in [7, 11) is 0. The molecule has 0 bridgehead atoms. The molecule has 0 fully saturated rings. The third-order valence-corrected chi connectivity index (χ3v) is 6.20. The maximum Gasteiger partial charge on any atom is 0.243 e. The number of hydrogen-bond acceptors (Lipinski definition) is 3. The standard InChI is InChI=1S/C25H31Cl3N2O3/c1-4-17(3)29-25(32)23(5-2)30(16-18-8-9-20(27)15-22(18)28)24(31)7-6-14-33-21-12-10-19(26)11-13-21/h8-13,15,17,23H,4-7,14,16H2,1-3H3,(H,29,32)/t17-,23+/m0/s1. The topological polar surface area (TPSA) is 58.6 Å². The number of nitrogens with one attached hydrogen (secondary N) is 1. The molecule has 1 N–H and O–H groups in total. The Morgan fingerprint density at radius 3 is 2.27 bits per heavy atom. The Balaban J connectivity index is 2.10. The third kappa shape index (κ3) is 8.73. The Kier molecular flexibility index (Phi) is 11.3. The summed E-state index contributed by atoms with van der Waals surface area (Å²) in [5, 5.41) is 4.61. The minimum atomic E-state index is -0.601. The minimum Gasteiger partial charge on any atom is -0.494 e. The molecular weight excluding hydrogens is 483 g/mol. The van der Waals surface area contributed by atoms with Crippen molar-refractivity contribution in [2.75, 3.05) is 6.61 Å². The molecule has 0 aliphatic carbocycles. The van der Waals surface area contributed by atoms with Gasteiger partial charge in [0.1, 0.15) is 11.8 Å². The second-order valence-corrected chi connectivity index (χ2v) is 9.19. The van der Waals surface area contributed by atoms with E-state index in [1.807, 2.05) is 20.8 Å². The zero-order valence-electron chi connectivity index (χ0n) is 19.2. The van der Waals surface area contributed by atoms with Crippen LogP contribution in [0.15, 0.2) is 42.5 Å². The average Bonchev–Trinajstić information content (AvgIpc) is 2.78. The second kappa shape index (κ2) is 13.7. The summed E-state index contributed by atoms with van der Waals surface area (Å²) in [5.41, 5.74) is 0.738. The van der Waals surface area contributed by atoms with Gasteiger partial charge in [-0.2, -0.15) is 0 Å². The molecular formula is C25H31Cl3N2O3. The largest absolute Gasteiger partial charge is 0.494 e. The summed E-state index contributed by atoms with van der Waals surface area (Å²) in [5.74, 6) is 0.394.